The SMILES string of the molecule is O=S(=O)(O[C@@H]1CCCC[C@@H]1F)C(F)(F)F. The van der Waals surface area contributed by atoms with Crippen molar-refractivity contribution in [1.82, 2.24) is 0 Å². The van der Waals surface area contributed by atoms with E-state index in [9.17, 15) is 26.0 Å². The Morgan fingerprint density at radius 2 is 1.67 bits per heavy atom. The average molecular weight is 250 g/mol. The highest BCUT2D eigenvalue weighted by atomic mass is 32.2. The molecular formula is C7H10F4O3S. The maximum Gasteiger partial charge on any atom is 0.523 e. The summed E-state index contributed by atoms with van der Waals surface area (Å²) in [7, 11) is -5.67. The van der Waals surface area contributed by atoms with Gasteiger partial charge in [-0.1, -0.05) is 12.8 Å². The van der Waals surface area contributed by atoms with E-state index in [-0.39, 0.29) is 12.8 Å². The molecule has 3 nitrogen and oxygen atoms in total. The fourth-order valence-electron chi connectivity index (χ4n) is 1.38. The molecule has 0 aromatic heterocycles. The molecule has 0 amide bonds. The summed E-state index contributed by atoms with van der Waals surface area (Å²) in [5, 5.41) is 0. The van der Waals surface area contributed by atoms with E-state index < -0.39 is 27.9 Å². The lowest BCUT2D eigenvalue weighted by atomic mass is 9.96. The van der Waals surface area contributed by atoms with Crippen LogP contribution in [0.1, 0.15) is 25.7 Å². The summed E-state index contributed by atoms with van der Waals surface area (Å²) in [6.45, 7) is 0. The van der Waals surface area contributed by atoms with Crippen LogP contribution in [0.5, 0.6) is 0 Å². The minimum Gasteiger partial charge on any atom is -0.257 e. The van der Waals surface area contributed by atoms with Crippen LogP contribution in [0.25, 0.3) is 0 Å². The maximum atomic E-state index is 13.0. The van der Waals surface area contributed by atoms with E-state index in [1.807, 2.05) is 0 Å². The summed E-state index contributed by atoms with van der Waals surface area (Å²) in [5.74, 6) is 0. The first-order valence-corrected chi connectivity index (χ1v) is 5.78. The van der Waals surface area contributed by atoms with Gasteiger partial charge in [0.25, 0.3) is 0 Å². The molecule has 0 saturated heterocycles. The standard InChI is InChI=1S/C7H10F4O3S/c8-5-3-1-2-4-6(5)14-15(12,13)7(9,10)11/h5-6H,1-4H2/t5-,6+/m0/s1. The van der Waals surface area contributed by atoms with Crippen LogP contribution in [-0.2, 0) is 14.3 Å². The van der Waals surface area contributed by atoms with Crippen molar-refractivity contribution in [2.75, 3.05) is 0 Å². The molecule has 1 aliphatic carbocycles. The highest BCUT2D eigenvalue weighted by Crippen LogP contribution is 2.31. The minimum atomic E-state index is -5.67. The van der Waals surface area contributed by atoms with E-state index in [0.717, 1.165) is 0 Å². The summed E-state index contributed by atoms with van der Waals surface area (Å²) >= 11 is 0. The van der Waals surface area contributed by atoms with Crippen LogP contribution >= 0.6 is 0 Å². The highest BCUT2D eigenvalue weighted by Gasteiger charge is 2.49. The molecule has 1 saturated carbocycles. The van der Waals surface area contributed by atoms with Crippen molar-refractivity contribution < 1.29 is 30.2 Å². The van der Waals surface area contributed by atoms with Crippen molar-refractivity contribution in [3.63, 3.8) is 0 Å². The lowest BCUT2D eigenvalue weighted by Crippen LogP contribution is -2.36. The van der Waals surface area contributed by atoms with Crippen LogP contribution in [0.3, 0.4) is 0 Å². The fraction of sp³-hybridized carbons (Fsp3) is 1.00. The first kappa shape index (κ1) is 12.7. The zero-order valence-electron chi connectivity index (χ0n) is 7.63. The number of hydrogen-bond donors (Lipinski definition) is 0. The Labute approximate surface area is 84.5 Å². The molecule has 0 N–H and O–H groups in total. The van der Waals surface area contributed by atoms with Gasteiger partial charge < -0.3 is 0 Å². The van der Waals surface area contributed by atoms with Gasteiger partial charge in [-0.3, -0.25) is 4.18 Å². The first-order valence-electron chi connectivity index (χ1n) is 4.37. The Morgan fingerprint density at radius 1 is 1.13 bits per heavy atom. The molecule has 1 fully saturated rings. The zero-order valence-corrected chi connectivity index (χ0v) is 8.44. The summed E-state index contributed by atoms with van der Waals surface area (Å²) in [6, 6.07) is 0. The van der Waals surface area contributed by atoms with Crippen molar-refractivity contribution in [3.8, 4) is 0 Å². The third kappa shape index (κ3) is 3.04. The fourth-order valence-corrected chi connectivity index (χ4v) is 2.03. The molecule has 0 aliphatic heterocycles. The van der Waals surface area contributed by atoms with Crippen LogP contribution in [0.4, 0.5) is 17.6 Å². The van der Waals surface area contributed by atoms with E-state index in [1.54, 1.807) is 0 Å². The second-order valence-corrected chi connectivity index (χ2v) is 4.90. The summed E-state index contributed by atoms with van der Waals surface area (Å²) < 4.78 is 73.6. The molecule has 1 rings (SSSR count). The Balaban J connectivity index is 2.69. The van der Waals surface area contributed by atoms with Crippen molar-refractivity contribution >= 4 is 10.1 Å². The van der Waals surface area contributed by atoms with Crippen LogP contribution in [0.15, 0.2) is 0 Å². The molecular weight excluding hydrogens is 240 g/mol. The van der Waals surface area contributed by atoms with Crippen molar-refractivity contribution in [2.24, 2.45) is 0 Å². The van der Waals surface area contributed by atoms with Gasteiger partial charge in [0.15, 0.2) is 0 Å². The van der Waals surface area contributed by atoms with E-state index in [0.29, 0.717) is 12.8 Å². The number of alkyl halides is 4. The molecule has 0 spiro atoms. The Morgan fingerprint density at radius 3 is 2.13 bits per heavy atom. The van der Waals surface area contributed by atoms with Gasteiger partial charge in [0.1, 0.15) is 12.3 Å². The molecule has 2 atom stereocenters. The van der Waals surface area contributed by atoms with Gasteiger partial charge in [0.2, 0.25) is 0 Å². The quantitative estimate of drug-likeness (QED) is 0.428. The largest absolute Gasteiger partial charge is 0.523 e. The Kier molecular flexibility index (Phi) is 3.59. The number of hydrogen-bond acceptors (Lipinski definition) is 3. The normalized spacial score (nSPS) is 29.1. The summed E-state index contributed by atoms with van der Waals surface area (Å²) in [4.78, 5) is 0. The molecule has 1 aliphatic rings. The summed E-state index contributed by atoms with van der Waals surface area (Å²) in [6.07, 6.45) is -2.10. The van der Waals surface area contributed by atoms with E-state index in [2.05, 4.69) is 4.18 Å². The topological polar surface area (TPSA) is 43.4 Å². The predicted octanol–water partition coefficient (Wildman–Crippen LogP) is 2.13. The minimum absolute atomic E-state index is 0.00350. The number of rotatable bonds is 2. The van der Waals surface area contributed by atoms with Crippen molar-refractivity contribution in [1.29, 1.82) is 0 Å². The zero-order chi connectivity index (χ0) is 11.7. The predicted molar refractivity (Wildman–Crippen MR) is 43.2 cm³/mol. The van der Waals surface area contributed by atoms with Gasteiger partial charge >= 0.3 is 15.6 Å². The smallest absolute Gasteiger partial charge is 0.257 e. The monoisotopic (exact) mass is 250 g/mol. The van der Waals surface area contributed by atoms with Gasteiger partial charge in [-0.05, 0) is 12.8 Å². The van der Waals surface area contributed by atoms with Gasteiger partial charge in [-0.2, -0.15) is 21.6 Å². The highest BCUT2D eigenvalue weighted by molar-refractivity contribution is 7.87. The molecule has 0 bridgehead atoms. The molecule has 0 radical (unpaired) electrons. The molecule has 15 heavy (non-hydrogen) atoms. The molecule has 8 heteroatoms. The van der Waals surface area contributed by atoms with E-state index >= 15 is 0 Å². The molecule has 0 aromatic carbocycles. The lowest BCUT2D eigenvalue weighted by molar-refractivity contribution is -0.0621. The van der Waals surface area contributed by atoms with Crippen LogP contribution in [0, 0.1) is 0 Å². The average Bonchev–Trinajstić information content (AvgIpc) is 2.06. The van der Waals surface area contributed by atoms with E-state index in [1.165, 1.54) is 0 Å². The van der Waals surface area contributed by atoms with Gasteiger partial charge in [0, 0.05) is 0 Å². The first-order chi connectivity index (χ1) is 6.74. The molecule has 0 unspecified atom stereocenters. The van der Waals surface area contributed by atoms with Crippen LogP contribution < -0.4 is 0 Å². The lowest BCUT2D eigenvalue weighted by Gasteiger charge is -2.25. The second-order valence-electron chi connectivity index (χ2n) is 3.33. The van der Waals surface area contributed by atoms with Gasteiger partial charge in [0.05, 0.1) is 0 Å². The van der Waals surface area contributed by atoms with Gasteiger partial charge in [-0.25, -0.2) is 4.39 Å². The Bertz CT molecular complexity index is 311. The molecule has 0 aromatic rings. The van der Waals surface area contributed by atoms with Crippen molar-refractivity contribution in [3.05, 3.63) is 0 Å². The third-order valence-corrected chi connectivity index (χ3v) is 3.22. The Hall–Kier alpha value is -0.370. The van der Waals surface area contributed by atoms with E-state index in [4.69, 9.17) is 0 Å². The maximum absolute atomic E-state index is 13.0. The van der Waals surface area contributed by atoms with Crippen LogP contribution in [-0.4, -0.2) is 26.2 Å². The third-order valence-electron chi connectivity index (χ3n) is 2.16. The molecule has 0 heterocycles. The molecule has 90 valence electrons. The van der Waals surface area contributed by atoms with Crippen LogP contribution in [0.2, 0.25) is 0 Å². The summed E-state index contributed by atoms with van der Waals surface area (Å²) in [5.41, 5.74) is -5.48. The number of halogens is 4. The second kappa shape index (κ2) is 4.25. The van der Waals surface area contributed by atoms with Crippen molar-refractivity contribution in [2.45, 2.75) is 43.5 Å². The van der Waals surface area contributed by atoms with Gasteiger partial charge in [-0.15, -0.1) is 0 Å².